The molecule has 0 aliphatic carbocycles. The maximum atomic E-state index is 8.40. The number of nitrogens with zero attached hydrogens (tertiary/aromatic N) is 2. The van der Waals surface area contributed by atoms with Gasteiger partial charge in [-0.25, -0.2) is 0 Å². The van der Waals surface area contributed by atoms with Crippen LogP contribution in [-0.4, -0.2) is 0 Å². The fourth-order valence-corrected chi connectivity index (χ4v) is 0.658. The molecule has 0 unspecified atom stereocenters. The van der Waals surface area contributed by atoms with Gasteiger partial charge in [0.05, 0.1) is 23.3 Å². The zero-order valence-electron chi connectivity index (χ0n) is 6.77. The van der Waals surface area contributed by atoms with E-state index in [1.807, 2.05) is 12.1 Å². The largest absolute Gasteiger partial charge is 0.274 e. The zero-order valence-corrected chi connectivity index (χ0v) is 7.58. The Balaban J connectivity index is 0. The molecular formula is C8H9ClN4. The number of rotatable bonds is 0. The van der Waals surface area contributed by atoms with Crippen LogP contribution in [-0.2, 0) is 0 Å². The number of hydrazine groups is 1. The predicted octanol–water partition coefficient (Wildman–Crippen LogP) is 0.671. The van der Waals surface area contributed by atoms with Crippen LogP contribution in [0.2, 0.25) is 0 Å². The highest BCUT2D eigenvalue weighted by Crippen LogP contribution is 2.01. The summed E-state index contributed by atoms with van der Waals surface area (Å²) in [4.78, 5) is 0. The lowest BCUT2D eigenvalue weighted by Gasteiger charge is -1.86. The first-order chi connectivity index (χ1) is 5.86. The molecule has 0 aromatic heterocycles. The minimum absolute atomic E-state index is 0. The summed E-state index contributed by atoms with van der Waals surface area (Å²) in [6, 6.07) is 10.5. The van der Waals surface area contributed by atoms with Crippen molar-refractivity contribution in [3.8, 4) is 12.1 Å². The molecule has 0 radical (unpaired) electrons. The molecule has 0 fully saturated rings. The molecule has 0 aliphatic rings. The Labute approximate surface area is 82.8 Å². The maximum absolute atomic E-state index is 8.40. The van der Waals surface area contributed by atoms with Crippen LogP contribution in [0.15, 0.2) is 24.3 Å². The highest BCUT2D eigenvalue weighted by molar-refractivity contribution is 5.85. The normalized spacial score (nSPS) is 6.46. The highest BCUT2D eigenvalue weighted by Gasteiger charge is 1.90. The van der Waals surface area contributed by atoms with E-state index in [4.69, 9.17) is 10.5 Å². The average Bonchev–Trinajstić information content (AvgIpc) is 2.21. The summed E-state index contributed by atoms with van der Waals surface area (Å²) >= 11 is 0. The van der Waals surface area contributed by atoms with Gasteiger partial charge >= 0.3 is 0 Å². The Bertz CT molecular complexity index is 294. The third-order valence-corrected chi connectivity index (χ3v) is 1.12. The van der Waals surface area contributed by atoms with Gasteiger partial charge in [0.1, 0.15) is 0 Å². The maximum Gasteiger partial charge on any atom is 0.0992 e. The molecule has 1 aromatic carbocycles. The van der Waals surface area contributed by atoms with Crippen LogP contribution in [0.5, 0.6) is 0 Å². The minimum atomic E-state index is 0. The average molecular weight is 197 g/mol. The topological polar surface area (TPSA) is 99.6 Å². The van der Waals surface area contributed by atoms with Gasteiger partial charge in [-0.15, -0.1) is 12.4 Å². The molecule has 1 rings (SSSR count). The highest BCUT2D eigenvalue weighted by atomic mass is 35.5. The van der Waals surface area contributed by atoms with Gasteiger partial charge in [-0.2, -0.15) is 10.5 Å². The van der Waals surface area contributed by atoms with Crippen LogP contribution in [0.25, 0.3) is 0 Å². The molecule has 0 saturated heterocycles. The Morgan fingerprint density at radius 3 is 1.69 bits per heavy atom. The summed E-state index contributed by atoms with van der Waals surface area (Å²) in [5, 5.41) is 16.8. The van der Waals surface area contributed by atoms with E-state index in [2.05, 4.69) is 11.7 Å². The summed E-state index contributed by atoms with van der Waals surface area (Å²) in [6.07, 6.45) is 0. The van der Waals surface area contributed by atoms with Crippen molar-refractivity contribution < 1.29 is 0 Å². The third-order valence-electron chi connectivity index (χ3n) is 1.12. The summed E-state index contributed by atoms with van der Waals surface area (Å²) in [6.45, 7) is 0. The van der Waals surface area contributed by atoms with Crippen molar-refractivity contribution in [1.29, 1.82) is 10.5 Å². The monoisotopic (exact) mass is 196 g/mol. The van der Waals surface area contributed by atoms with E-state index in [1.54, 1.807) is 24.3 Å². The predicted molar refractivity (Wildman–Crippen MR) is 51.5 cm³/mol. The number of hydrogen-bond donors (Lipinski definition) is 2. The number of nitriles is 2. The van der Waals surface area contributed by atoms with E-state index in [9.17, 15) is 0 Å². The van der Waals surface area contributed by atoms with Gasteiger partial charge in [-0.05, 0) is 18.2 Å². The van der Waals surface area contributed by atoms with Crippen molar-refractivity contribution in [2.45, 2.75) is 0 Å². The van der Waals surface area contributed by atoms with Crippen molar-refractivity contribution in [2.75, 3.05) is 0 Å². The smallest absolute Gasteiger partial charge is 0.0992 e. The summed E-state index contributed by atoms with van der Waals surface area (Å²) in [5.41, 5.74) is 1.05. The fourth-order valence-electron chi connectivity index (χ4n) is 0.658. The van der Waals surface area contributed by atoms with Gasteiger partial charge in [-0.3, -0.25) is 11.7 Å². The standard InChI is InChI=1S/C8H4N2.ClH.H4N2/c9-5-7-2-1-3-8(4-7)6-10;;1-2/h1-4H;1H;1-2H2. The van der Waals surface area contributed by atoms with Crippen LogP contribution in [0.4, 0.5) is 0 Å². The molecule has 68 valence electrons. The first kappa shape index (κ1) is 14.0. The van der Waals surface area contributed by atoms with Crippen molar-refractivity contribution in [3.63, 3.8) is 0 Å². The van der Waals surface area contributed by atoms with Crippen LogP contribution in [0, 0.1) is 22.7 Å². The molecule has 0 saturated carbocycles. The number of hydrogen-bond acceptors (Lipinski definition) is 4. The molecule has 4 N–H and O–H groups in total. The van der Waals surface area contributed by atoms with Crippen LogP contribution in [0.1, 0.15) is 11.1 Å². The Kier molecular flexibility index (Phi) is 9.14. The second-order valence-electron chi connectivity index (χ2n) is 1.80. The van der Waals surface area contributed by atoms with Crippen molar-refractivity contribution in [3.05, 3.63) is 35.4 Å². The molecule has 5 heteroatoms. The molecule has 0 aliphatic heterocycles. The van der Waals surface area contributed by atoms with Gasteiger partial charge < -0.3 is 0 Å². The molecule has 4 nitrogen and oxygen atoms in total. The van der Waals surface area contributed by atoms with Crippen molar-refractivity contribution in [2.24, 2.45) is 11.7 Å². The van der Waals surface area contributed by atoms with Crippen molar-refractivity contribution in [1.82, 2.24) is 0 Å². The Morgan fingerprint density at radius 1 is 1.00 bits per heavy atom. The lowest BCUT2D eigenvalue weighted by atomic mass is 10.2. The van der Waals surface area contributed by atoms with Crippen LogP contribution in [0.3, 0.4) is 0 Å². The van der Waals surface area contributed by atoms with Gasteiger partial charge in [0, 0.05) is 0 Å². The lowest BCUT2D eigenvalue weighted by Crippen LogP contribution is -2.02. The van der Waals surface area contributed by atoms with Gasteiger partial charge in [0.2, 0.25) is 0 Å². The summed E-state index contributed by atoms with van der Waals surface area (Å²) in [7, 11) is 0. The van der Waals surface area contributed by atoms with E-state index >= 15 is 0 Å². The Hall–Kier alpha value is -1.59. The zero-order chi connectivity index (χ0) is 9.40. The van der Waals surface area contributed by atoms with E-state index in [1.165, 1.54) is 0 Å². The molecule has 0 heterocycles. The van der Waals surface area contributed by atoms with Crippen molar-refractivity contribution >= 4 is 12.4 Å². The quantitative estimate of drug-likeness (QED) is 0.471. The molecule has 0 atom stereocenters. The SMILES string of the molecule is Cl.N#Cc1cccc(C#N)c1.NN. The summed E-state index contributed by atoms with van der Waals surface area (Å²) < 4.78 is 0. The fraction of sp³-hybridized carbons (Fsp3) is 0. The third kappa shape index (κ3) is 4.78. The molecule has 0 spiro atoms. The molecule has 1 aromatic rings. The van der Waals surface area contributed by atoms with Gasteiger partial charge in [0.25, 0.3) is 0 Å². The van der Waals surface area contributed by atoms with Crippen LogP contribution >= 0.6 is 12.4 Å². The number of halogens is 1. The van der Waals surface area contributed by atoms with Gasteiger partial charge in [0.15, 0.2) is 0 Å². The second-order valence-corrected chi connectivity index (χ2v) is 1.80. The Morgan fingerprint density at radius 2 is 1.38 bits per heavy atom. The van der Waals surface area contributed by atoms with Gasteiger partial charge in [-0.1, -0.05) is 6.07 Å². The molecular weight excluding hydrogens is 188 g/mol. The van der Waals surface area contributed by atoms with E-state index in [0.717, 1.165) is 0 Å². The molecule has 13 heavy (non-hydrogen) atoms. The molecule has 0 amide bonds. The van der Waals surface area contributed by atoms with Crippen LogP contribution < -0.4 is 11.7 Å². The first-order valence-corrected chi connectivity index (χ1v) is 3.10. The number of benzene rings is 1. The van der Waals surface area contributed by atoms with E-state index in [-0.39, 0.29) is 12.4 Å². The number of nitrogens with two attached hydrogens (primary N) is 2. The second kappa shape index (κ2) is 8.51. The summed E-state index contributed by atoms with van der Waals surface area (Å²) in [5.74, 6) is 8.00. The first-order valence-electron chi connectivity index (χ1n) is 3.10. The molecule has 0 bridgehead atoms. The minimum Gasteiger partial charge on any atom is -0.274 e. The van der Waals surface area contributed by atoms with E-state index in [0.29, 0.717) is 11.1 Å². The van der Waals surface area contributed by atoms with E-state index < -0.39 is 0 Å². The lowest BCUT2D eigenvalue weighted by molar-refractivity contribution is 1.26.